The van der Waals surface area contributed by atoms with Crippen molar-refractivity contribution in [3.8, 4) is 0 Å². The third-order valence-corrected chi connectivity index (χ3v) is 6.71. The second-order valence-electron chi connectivity index (χ2n) is 7.06. The van der Waals surface area contributed by atoms with Gasteiger partial charge < -0.3 is 5.11 Å². The van der Waals surface area contributed by atoms with Gasteiger partial charge in [0.15, 0.2) is 5.82 Å². The monoisotopic (exact) mass is 538 g/mol. The average molecular weight is 539 g/mol. The van der Waals surface area contributed by atoms with E-state index in [0.29, 0.717) is 28.7 Å². The third-order valence-electron chi connectivity index (χ3n) is 4.68. The number of hydrogen-bond acceptors (Lipinski definition) is 4. The van der Waals surface area contributed by atoms with Gasteiger partial charge in [0.25, 0.3) is 10.0 Å². The summed E-state index contributed by atoms with van der Waals surface area (Å²) in [5.41, 5.74) is -2.43. The number of carboxylic acids is 1. The fourth-order valence-corrected chi connectivity index (χ4v) is 4.65. The fourth-order valence-electron chi connectivity index (χ4n) is 2.90. The van der Waals surface area contributed by atoms with Crippen LogP contribution >= 0.6 is 11.6 Å². The summed E-state index contributed by atoms with van der Waals surface area (Å²) in [6.07, 6.45) is -9.10. The van der Waals surface area contributed by atoms with Crippen LogP contribution in [0.15, 0.2) is 65.7 Å². The Morgan fingerprint density at radius 3 is 1.91 bits per heavy atom. The quantitative estimate of drug-likeness (QED) is 0.397. The molecule has 0 atom stereocenters. The van der Waals surface area contributed by atoms with Gasteiger partial charge in [0.2, 0.25) is 0 Å². The molecular weight excluding hydrogens is 526 g/mol. The van der Waals surface area contributed by atoms with Gasteiger partial charge in [-0.05, 0) is 48.0 Å². The fraction of sp³-hybridized carbons (Fsp3) is 0.143. The molecule has 14 heteroatoms. The lowest BCUT2D eigenvalue weighted by Gasteiger charge is -2.25. The number of aromatic nitrogens is 1. The minimum Gasteiger partial charge on any atom is -0.478 e. The number of pyridine rings is 1. The van der Waals surface area contributed by atoms with Crippen molar-refractivity contribution in [3.05, 3.63) is 88.1 Å². The summed E-state index contributed by atoms with van der Waals surface area (Å²) >= 11 is 5.95. The SMILES string of the molecule is O=C(O)c1ccc(S(=O)(=O)N(Cc2ccc(C(F)(F)F)cc2)c2ncc(C(F)(F)F)cc2Cl)cc1. The van der Waals surface area contributed by atoms with Gasteiger partial charge in [-0.1, -0.05) is 23.7 Å². The van der Waals surface area contributed by atoms with E-state index in [1.807, 2.05) is 0 Å². The molecule has 0 aliphatic heterocycles. The molecule has 0 amide bonds. The summed E-state index contributed by atoms with van der Waals surface area (Å²) in [6.45, 7) is -0.640. The highest BCUT2D eigenvalue weighted by Gasteiger charge is 2.34. The van der Waals surface area contributed by atoms with Gasteiger partial charge in [0.05, 0.1) is 33.2 Å². The van der Waals surface area contributed by atoms with Crippen molar-refractivity contribution in [2.24, 2.45) is 0 Å². The molecule has 0 aliphatic carbocycles. The Morgan fingerprint density at radius 1 is 0.914 bits per heavy atom. The maximum Gasteiger partial charge on any atom is 0.417 e. The summed E-state index contributed by atoms with van der Waals surface area (Å²) in [5, 5.41) is 8.33. The van der Waals surface area contributed by atoms with Crippen LogP contribution in [0.1, 0.15) is 27.0 Å². The van der Waals surface area contributed by atoms with Gasteiger partial charge in [-0.25, -0.2) is 22.5 Å². The minimum atomic E-state index is -4.82. The molecule has 1 aromatic heterocycles. The van der Waals surface area contributed by atoms with Crippen LogP contribution in [0, 0.1) is 0 Å². The molecule has 0 spiro atoms. The summed E-state index contributed by atoms with van der Waals surface area (Å²) in [5.74, 6) is -1.94. The Kier molecular flexibility index (Phi) is 7.04. The van der Waals surface area contributed by atoms with E-state index in [-0.39, 0.29) is 11.1 Å². The highest BCUT2D eigenvalue weighted by Crippen LogP contribution is 2.36. The largest absolute Gasteiger partial charge is 0.478 e. The normalized spacial score (nSPS) is 12.4. The van der Waals surface area contributed by atoms with Gasteiger partial charge in [0, 0.05) is 6.20 Å². The molecular formula is C21H13ClF6N2O4S. The smallest absolute Gasteiger partial charge is 0.417 e. The van der Waals surface area contributed by atoms with Crippen molar-refractivity contribution in [1.29, 1.82) is 0 Å². The van der Waals surface area contributed by atoms with Crippen molar-refractivity contribution >= 4 is 33.4 Å². The van der Waals surface area contributed by atoms with Gasteiger partial charge in [0.1, 0.15) is 0 Å². The number of alkyl halides is 6. The van der Waals surface area contributed by atoms with Crippen molar-refractivity contribution in [2.75, 3.05) is 4.31 Å². The predicted octanol–water partition coefficient (Wildman–Crippen LogP) is 5.87. The van der Waals surface area contributed by atoms with Crippen LogP contribution in [0.5, 0.6) is 0 Å². The number of benzene rings is 2. The van der Waals surface area contributed by atoms with Crippen LogP contribution in [0.4, 0.5) is 32.2 Å². The van der Waals surface area contributed by atoms with E-state index >= 15 is 0 Å². The summed E-state index contributed by atoms with van der Waals surface area (Å²) in [6, 6.07) is 7.78. The maximum atomic E-state index is 13.4. The minimum absolute atomic E-state index is 0.0431. The van der Waals surface area contributed by atoms with Crippen LogP contribution in [0.3, 0.4) is 0 Å². The number of rotatable bonds is 6. The first-order valence-electron chi connectivity index (χ1n) is 9.35. The van der Waals surface area contributed by atoms with Crippen molar-refractivity contribution < 1.29 is 44.7 Å². The molecule has 0 bridgehead atoms. The van der Waals surface area contributed by atoms with Crippen LogP contribution in [-0.4, -0.2) is 24.5 Å². The summed E-state index contributed by atoms with van der Waals surface area (Å²) < 4.78 is 105. The third kappa shape index (κ3) is 5.85. The Bertz CT molecular complexity index is 1340. The molecule has 3 rings (SSSR count). The number of halogens is 7. The molecule has 0 saturated carbocycles. The lowest BCUT2D eigenvalue weighted by molar-refractivity contribution is -0.138. The Balaban J connectivity index is 2.11. The first kappa shape index (κ1) is 26.3. The number of carboxylic acid groups (broad SMARTS) is 1. The molecule has 186 valence electrons. The van der Waals surface area contributed by atoms with Gasteiger partial charge in [-0.3, -0.25) is 0 Å². The highest BCUT2D eigenvalue weighted by molar-refractivity contribution is 7.92. The molecule has 0 radical (unpaired) electrons. The Morgan fingerprint density at radius 2 is 1.46 bits per heavy atom. The van der Waals surface area contributed by atoms with E-state index in [4.69, 9.17) is 16.7 Å². The zero-order valence-electron chi connectivity index (χ0n) is 17.1. The van der Waals surface area contributed by atoms with E-state index in [9.17, 15) is 39.6 Å². The van der Waals surface area contributed by atoms with Gasteiger partial charge >= 0.3 is 18.3 Å². The second kappa shape index (κ2) is 9.38. The van der Waals surface area contributed by atoms with Crippen molar-refractivity contribution in [1.82, 2.24) is 4.98 Å². The van der Waals surface area contributed by atoms with E-state index in [2.05, 4.69) is 4.98 Å². The van der Waals surface area contributed by atoms with Crippen LogP contribution in [0.25, 0.3) is 0 Å². The lowest BCUT2D eigenvalue weighted by atomic mass is 10.1. The molecule has 0 fully saturated rings. The first-order valence-corrected chi connectivity index (χ1v) is 11.2. The molecule has 0 saturated heterocycles. The number of sulfonamides is 1. The van der Waals surface area contributed by atoms with E-state index in [0.717, 1.165) is 36.4 Å². The first-order chi connectivity index (χ1) is 16.1. The maximum absolute atomic E-state index is 13.4. The molecule has 0 aliphatic rings. The summed E-state index contributed by atoms with van der Waals surface area (Å²) in [4.78, 5) is 14.2. The standard InChI is InChI=1S/C21H13ClF6N2O4S/c22-17-9-15(21(26,27)28)10-29-18(17)30(11-12-1-5-14(6-2-12)20(23,24)25)35(33,34)16-7-3-13(4-8-16)19(31)32/h1-10H,11H2,(H,31,32). The molecule has 35 heavy (non-hydrogen) atoms. The number of aromatic carboxylic acids is 1. The van der Waals surface area contributed by atoms with Crippen LogP contribution in [0.2, 0.25) is 5.02 Å². The Labute approximate surface area is 199 Å². The molecule has 1 N–H and O–H groups in total. The highest BCUT2D eigenvalue weighted by atomic mass is 35.5. The van der Waals surface area contributed by atoms with E-state index in [1.165, 1.54) is 0 Å². The Hall–Kier alpha value is -3.32. The van der Waals surface area contributed by atoms with Gasteiger partial charge in [-0.2, -0.15) is 26.3 Å². The molecule has 1 heterocycles. The van der Waals surface area contributed by atoms with Crippen LogP contribution in [-0.2, 0) is 28.9 Å². The molecule has 0 unspecified atom stereocenters. The number of carbonyl (C=O) groups is 1. The number of nitrogens with zero attached hydrogens (tertiary/aromatic N) is 2. The topological polar surface area (TPSA) is 87.6 Å². The zero-order valence-corrected chi connectivity index (χ0v) is 18.7. The van der Waals surface area contributed by atoms with Gasteiger partial charge in [-0.15, -0.1) is 0 Å². The number of anilines is 1. The average Bonchev–Trinajstić information content (AvgIpc) is 2.76. The van der Waals surface area contributed by atoms with Crippen LogP contribution < -0.4 is 4.31 Å². The lowest BCUT2D eigenvalue weighted by Crippen LogP contribution is -2.32. The van der Waals surface area contributed by atoms with E-state index in [1.54, 1.807) is 0 Å². The predicted molar refractivity (Wildman–Crippen MR) is 112 cm³/mol. The molecule has 3 aromatic rings. The van der Waals surface area contributed by atoms with Crippen molar-refractivity contribution in [3.63, 3.8) is 0 Å². The van der Waals surface area contributed by atoms with E-state index < -0.39 is 61.8 Å². The second-order valence-corrected chi connectivity index (χ2v) is 9.33. The molecule has 2 aromatic carbocycles. The summed E-state index contributed by atoms with van der Waals surface area (Å²) in [7, 11) is -4.61. The molecule has 6 nitrogen and oxygen atoms in total. The van der Waals surface area contributed by atoms with Crippen molar-refractivity contribution in [2.45, 2.75) is 23.8 Å². The zero-order chi connectivity index (χ0) is 26.2. The number of hydrogen-bond donors (Lipinski definition) is 1.